The lowest BCUT2D eigenvalue weighted by molar-refractivity contribution is -0.129. The molecule has 0 unspecified atom stereocenters. The second-order valence-corrected chi connectivity index (χ2v) is 3.09. The lowest BCUT2D eigenvalue weighted by atomic mass is 10.0. The molecule has 0 fully saturated rings. The van der Waals surface area contributed by atoms with Gasteiger partial charge in [-0.2, -0.15) is 0 Å². The zero-order valence-electron chi connectivity index (χ0n) is 8.61. The molecule has 5 N–H and O–H groups in total. The van der Waals surface area contributed by atoms with Gasteiger partial charge in [0.15, 0.2) is 0 Å². The lowest BCUT2D eigenvalue weighted by Crippen LogP contribution is -2.53. The Hall–Kier alpha value is -0.730. The second kappa shape index (κ2) is 8.43. The first-order chi connectivity index (χ1) is 6.93. The van der Waals surface area contributed by atoms with Crippen molar-refractivity contribution in [2.24, 2.45) is 0 Å². The van der Waals surface area contributed by atoms with E-state index in [-0.39, 0.29) is 18.7 Å². The fourth-order valence-electron chi connectivity index (χ4n) is 0.983. The largest absolute Gasteiger partial charge is 0.394 e. The van der Waals surface area contributed by atoms with E-state index in [0.717, 1.165) is 6.92 Å². The van der Waals surface area contributed by atoms with Crippen LogP contribution < -0.4 is 5.32 Å². The number of halogens is 1. The van der Waals surface area contributed by atoms with Gasteiger partial charge < -0.3 is 30.5 Å². The summed E-state index contributed by atoms with van der Waals surface area (Å²) >= 11 is 0. The molecule has 16 heavy (non-hydrogen) atoms. The summed E-state index contributed by atoms with van der Waals surface area (Å²) in [5.74, 6) is -0.558. The van der Waals surface area contributed by atoms with Crippen LogP contribution in [0.15, 0.2) is 0 Å². The van der Waals surface area contributed by atoms with Crippen LogP contribution in [0.2, 0.25) is 0 Å². The van der Waals surface area contributed by atoms with Crippen LogP contribution in [-0.4, -0.2) is 63.6 Å². The predicted molar refractivity (Wildman–Crippen MR) is 56.0 cm³/mol. The Labute approximate surface area is 98.5 Å². The van der Waals surface area contributed by atoms with E-state index in [1.807, 2.05) is 0 Å². The first-order valence-electron chi connectivity index (χ1n) is 4.31. The summed E-state index contributed by atoms with van der Waals surface area (Å²) in [7, 11) is 0. The molecule has 0 bridgehead atoms. The highest BCUT2D eigenvalue weighted by molar-refractivity contribution is 5.85. The Morgan fingerprint density at radius 2 is 1.81 bits per heavy atom. The molecule has 0 aliphatic rings. The van der Waals surface area contributed by atoms with Crippen molar-refractivity contribution in [3.05, 3.63) is 0 Å². The molecular weight excluding hydrogens is 242 g/mol. The summed E-state index contributed by atoms with van der Waals surface area (Å²) in [4.78, 5) is 21.1. The minimum Gasteiger partial charge on any atom is -0.394 e. The maximum Gasteiger partial charge on any atom is 0.217 e. The maximum atomic E-state index is 10.6. The van der Waals surface area contributed by atoms with Crippen molar-refractivity contribution in [3.8, 4) is 0 Å². The van der Waals surface area contributed by atoms with Gasteiger partial charge in [-0.3, -0.25) is 4.79 Å². The molecule has 0 aromatic carbocycles. The van der Waals surface area contributed by atoms with Gasteiger partial charge in [0.2, 0.25) is 5.91 Å². The van der Waals surface area contributed by atoms with Crippen molar-refractivity contribution in [2.75, 3.05) is 6.61 Å². The van der Waals surface area contributed by atoms with E-state index in [2.05, 4.69) is 5.32 Å². The van der Waals surface area contributed by atoms with Gasteiger partial charge >= 0.3 is 0 Å². The zero-order valence-corrected chi connectivity index (χ0v) is 9.42. The highest BCUT2D eigenvalue weighted by atomic mass is 35.5. The van der Waals surface area contributed by atoms with Crippen molar-refractivity contribution in [1.29, 1.82) is 0 Å². The first-order valence-corrected chi connectivity index (χ1v) is 4.31. The monoisotopic (exact) mass is 257 g/mol. The lowest BCUT2D eigenvalue weighted by Gasteiger charge is -2.25. The van der Waals surface area contributed by atoms with Crippen molar-refractivity contribution >= 4 is 24.6 Å². The Bertz CT molecular complexity index is 227. The van der Waals surface area contributed by atoms with Gasteiger partial charge in [-0.05, 0) is 0 Å². The molecule has 96 valence electrons. The Kier molecular flexibility index (Phi) is 9.30. The van der Waals surface area contributed by atoms with Crippen LogP contribution >= 0.6 is 12.4 Å². The van der Waals surface area contributed by atoms with Crippen LogP contribution in [0.3, 0.4) is 0 Å². The number of aliphatic hydroxyl groups excluding tert-OH is 4. The van der Waals surface area contributed by atoms with Crippen molar-refractivity contribution in [1.82, 2.24) is 5.32 Å². The van der Waals surface area contributed by atoms with Crippen LogP contribution in [0, 0.1) is 0 Å². The third-order valence-corrected chi connectivity index (χ3v) is 1.82. The van der Waals surface area contributed by atoms with Gasteiger partial charge in [0, 0.05) is 6.92 Å². The van der Waals surface area contributed by atoms with Gasteiger partial charge in [-0.15, -0.1) is 12.4 Å². The summed E-state index contributed by atoms with van der Waals surface area (Å²) in [6.45, 7) is 0.377. The molecule has 0 spiro atoms. The van der Waals surface area contributed by atoms with Crippen LogP contribution in [0.1, 0.15) is 6.92 Å². The molecule has 0 aromatic rings. The van der Waals surface area contributed by atoms with Gasteiger partial charge in [0.1, 0.15) is 30.6 Å². The molecule has 0 radical (unpaired) electrons. The molecule has 1 amide bonds. The smallest absolute Gasteiger partial charge is 0.217 e. The number of aliphatic hydroxyl groups is 4. The van der Waals surface area contributed by atoms with Gasteiger partial charge in [0.25, 0.3) is 0 Å². The highest BCUT2D eigenvalue weighted by Gasteiger charge is 2.31. The van der Waals surface area contributed by atoms with Crippen molar-refractivity contribution in [2.45, 2.75) is 31.3 Å². The van der Waals surface area contributed by atoms with E-state index in [9.17, 15) is 19.8 Å². The topological polar surface area (TPSA) is 127 Å². The number of hydrogen-bond donors (Lipinski definition) is 5. The van der Waals surface area contributed by atoms with Gasteiger partial charge in [0.05, 0.1) is 6.61 Å². The third-order valence-electron chi connectivity index (χ3n) is 1.82. The number of nitrogens with one attached hydrogen (secondary N) is 1. The van der Waals surface area contributed by atoms with E-state index >= 15 is 0 Å². The van der Waals surface area contributed by atoms with Crippen LogP contribution in [-0.2, 0) is 9.59 Å². The summed E-state index contributed by atoms with van der Waals surface area (Å²) in [6, 6.07) is -1.32. The maximum absolute atomic E-state index is 10.6. The number of aldehydes is 1. The molecule has 0 saturated carbocycles. The molecule has 0 aromatic heterocycles. The summed E-state index contributed by atoms with van der Waals surface area (Å²) in [5, 5.41) is 38.2. The number of rotatable bonds is 6. The molecule has 7 nitrogen and oxygen atoms in total. The molecule has 0 rings (SSSR count). The summed E-state index contributed by atoms with van der Waals surface area (Å²) in [5.41, 5.74) is 0. The average molecular weight is 258 g/mol. The summed E-state index contributed by atoms with van der Waals surface area (Å²) < 4.78 is 0. The predicted octanol–water partition coefficient (Wildman–Crippen LogP) is -2.81. The van der Waals surface area contributed by atoms with Gasteiger partial charge in [-0.1, -0.05) is 0 Å². The van der Waals surface area contributed by atoms with E-state index in [1.54, 1.807) is 0 Å². The van der Waals surface area contributed by atoms with Gasteiger partial charge in [-0.25, -0.2) is 0 Å². The molecule has 0 saturated heterocycles. The minimum absolute atomic E-state index is 0. The molecule has 0 aliphatic carbocycles. The van der Waals surface area contributed by atoms with E-state index in [4.69, 9.17) is 10.2 Å². The molecule has 4 atom stereocenters. The Morgan fingerprint density at radius 3 is 2.12 bits per heavy atom. The molecule has 0 heterocycles. The first kappa shape index (κ1) is 17.7. The SMILES string of the molecule is CC(=O)N[C@@H](C=O)[C@@H](O)[C@@H](O)[C@H](O)CO.Cl. The fraction of sp³-hybridized carbons (Fsp3) is 0.750. The summed E-state index contributed by atoms with van der Waals surface area (Å²) in [6.07, 6.45) is -4.72. The third kappa shape index (κ3) is 5.38. The van der Waals surface area contributed by atoms with Crippen LogP contribution in [0.5, 0.6) is 0 Å². The quantitative estimate of drug-likeness (QED) is 0.327. The van der Waals surface area contributed by atoms with E-state index in [0.29, 0.717) is 0 Å². The number of carbonyl (C=O) groups is 2. The van der Waals surface area contributed by atoms with E-state index < -0.39 is 36.9 Å². The average Bonchev–Trinajstić information content (AvgIpc) is 2.22. The second-order valence-electron chi connectivity index (χ2n) is 3.09. The normalized spacial score (nSPS) is 17.6. The van der Waals surface area contributed by atoms with Crippen molar-refractivity contribution in [3.63, 3.8) is 0 Å². The zero-order chi connectivity index (χ0) is 12.0. The Morgan fingerprint density at radius 1 is 1.31 bits per heavy atom. The minimum atomic E-state index is -1.71. The molecule has 0 aliphatic heterocycles. The number of carbonyl (C=O) groups excluding carboxylic acids is 2. The standard InChI is InChI=1S/C8H15NO6.ClH/c1-4(12)9-5(2-10)7(14)8(15)6(13)3-11;/h2,5-8,11,13-15H,3H2,1H3,(H,9,12);1H/t5-,6+,7+,8-;/m0./s1. The van der Waals surface area contributed by atoms with Crippen molar-refractivity contribution < 1.29 is 30.0 Å². The fourth-order valence-corrected chi connectivity index (χ4v) is 0.983. The van der Waals surface area contributed by atoms with Crippen LogP contribution in [0.4, 0.5) is 0 Å². The van der Waals surface area contributed by atoms with Crippen LogP contribution in [0.25, 0.3) is 0 Å². The number of hydrogen-bond acceptors (Lipinski definition) is 6. The molecule has 8 heteroatoms. The molecular formula is C8H16ClNO6. The highest BCUT2D eigenvalue weighted by Crippen LogP contribution is 2.03. The number of amides is 1. The van der Waals surface area contributed by atoms with E-state index in [1.165, 1.54) is 0 Å². The Balaban J connectivity index is 0.